The molecule has 0 atom stereocenters. The average molecular weight is 409 g/mol. The van der Waals surface area contributed by atoms with Crippen LogP contribution in [0.4, 0.5) is 0 Å². The van der Waals surface area contributed by atoms with Crippen molar-refractivity contribution in [2.45, 2.75) is 0 Å². The minimum atomic E-state index is 0.694. The number of fused-ring (bicyclic) bond motifs is 4. The summed E-state index contributed by atoms with van der Waals surface area (Å²) in [5.41, 5.74) is 2.77. The van der Waals surface area contributed by atoms with Crippen LogP contribution in [0.15, 0.2) is 109 Å². The molecular weight excluding hydrogens is 388 g/mol. The Bertz CT molecular complexity index is 1580. The third kappa shape index (κ3) is 2.91. The van der Waals surface area contributed by atoms with Crippen LogP contribution in [0.2, 0.25) is 0 Å². The fourth-order valence-corrected chi connectivity index (χ4v) is 4.85. The van der Waals surface area contributed by atoms with Gasteiger partial charge in [-0.15, -0.1) is 0 Å². The van der Waals surface area contributed by atoms with Crippen LogP contribution >= 0.6 is 0 Å². The first-order chi connectivity index (χ1) is 15.8. The first-order valence-electron chi connectivity index (χ1n) is 10.8. The minimum Gasteiger partial charge on any atom is -0.298 e. The van der Waals surface area contributed by atoms with Crippen LogP contribution in [0.1, 0.15) is 11.1 Å². The summed E-state index contributed by atoms with van der Waals surface area (Å²) in [4.78, 5) is 12.6. The van der Waals surface area contributed by atoms with Gasteiger partial charge in [-0.05, 0) is 66.9 Å². The number of benzene rings is 6. The van der Waals surface area contributed by atoms with Gasteiger partial charge < -0.3 is 0 Å². The van der Waals surface area contributed by atoms with Crippen molar-refractivity contribution < 1.29 is 4.79 Å². The molecule has 0 radical (unpaired) electrons. The second-order valence-corrected chi connectivity index (χ2v) is 8.14. The van der Waals surface area contributed by atoms with Crippen molar-refractivity contribution in [1.29, 1.82) is 0 Å². The van der Waals surface area contributed by atoms with Crippen LogP contribution in [-0.4, -0.2) is 6.29 Å². The lowest BCUT2D eigenvalue weighted by molar-refractivity contribution is -0.103. The van der Waals surface area contributed by atoms with Gasteiger partial charge in [0, 0.05) is 11.1 Å². The van der Waals surface area contributed by atoms with Crippen molar-refractivity contribution in [1.82, 2.24) is 0 Å². The Morgan fingerprint density at radius 2 is 0.875 bits per heavy atom. The lowest BCUT2D eigenvalue weighted by Crippen LogP contribution is -1.93. The summed E-state index contributed by atoms with van der Waals surface area (Å²) in [7, 11) is 0. The molecule has 0 fully saturated rings. The highest BCUT2D eigenvalue weighted by atomic mass is 16.1. The quantitative estimate of drug-likeness (QED) is 0.125. The van der Waals surface area contributed by atoms with E-state index in [2.05, 4.69) is 91.0 Å². The van der Waals surface area contributed by atoms with E-state index in [4.69, 9.17) is 0 Å². The first kappa shape index (κ1) is 18.5. The van der Waals surface area contributed by atoms with Crippen molar-refractivity contribution in [2.24, 2.45) is 0 Å². The standard InChI is InChI=1S/C31H20O/c32-20-25(31-28-15-7-3-11-23(28)18-24-12-4-8-16-29(24)31)19-30-26-13-5-1-9-21(26)17-22-10-2-6-14-27(22)30/h1-20H/b25-19+. The number of rotatable bonds is 3. The van der Waals surface area contributed by atoms with Gasteiger partial charge in [0.1, 0.15) is 0 Å². The summed E-state index contributed by atoms with van der Waals surface area (Å²) in [6.07, 6.45) is 3.08. The molecule has 0 aliphatic rings. The number of carbonyl (C=O) groups is 1. The van der Waals surface area contributed by atoms with E-state index in [1.807, 2.05) is 24.3 Å². The molecule has 1 heteroatoms. The van der Waals surface area contributed by atoms with Crippen LogP contribution in [0.25, 0.3) is 54.7 Å². The van der Waals surface area contributed by atoms with Gasteiger partial charge in [-0.2, -0.15) is 0 Å². The molecule has 0 saturated heterocycles. The number of aldehydes is 1. The molecule has 150 valence electrons. The Labute approximate surface area is 186 Å². The normalized spacial score (nSPS) is 12.1. The van der Waals surface area contributed by atoms with Gasteiger partial charge in [0.15, 0.2) is 6.29 Å². The molecule has 0 unspecified atom stereocenters. The number of carbonyl (C=O) groups excluding carboxylic acids is 1. The highest BCUT2D eigenvalue weighted by molar-refractivity contribution is 6.25. The Morgan fingerprint density at radius 3 is 1.31 bits per heavy atom. The Morgan fingerprint density at radius 1 is 0.500 bits per heavy atom. The summed E-state index contributed by atoms with van der Waals surface area (Å²) >= 11 is 0. The fourth-order valence-electron chi connectivity index (χ4n) is 4.85. The summed E-state index contributed by atoms with van der Waals surface area (Å²) in [5, 5.41) is 9.10. The Kier molecular flexibility index (Phi) is 4.33. The molecule has 0 N–H and O–H groups in total. The zero-order chi connectivity index (χ0) is 21.5. The number of hydrogen-bond donors (Lipinski definition) is 0. The van der Waals surface area contributed by atoms with Gasteiger partial charge in [0.25, 0.3) is 0 Å². The summed E-state index contributed by atoms with van der Waals surface area (Å²) in [6.45, 7) is 0. The van der Waals surface area contributed by atoms with Crippen LogP contribution in [0.3, 0.4) is 0 Å². The van der Waals surface area contributed by atoms with Crippen molar-refractivity contribution >= 4 is 61.0 Å². The molecule has 0 heterocycles. The predicted octanol–water partition coefficient (Wildman–Crippen LogP) is 8.04. The van der Waals surface area contributed by atoms with E-state index in [0.717, 1.165) is 49.7 Å². The maximum absolute atomic E-state index is 12.6. The molecule has 0 amide bonds. The topological polar surface area (TPSA) is 17.1 Å². The zero-order valence-electron chi connectivity index (χ0n) is 17.5. The maximum atomic E-state index is 12.6. The maximum Gasteiger partial charge on any atom is 0.150 e. The highest BCUT2D eigenvalue weighted by Crippen LogP contribution is 2.36. The third-order valence-electron chi connectivity index (χ3n) is 6.30. The molecule has 0 aliphatic heterocycles. The second-order valence-electron chi connectivity index (χ2n) is 8.14. The van der Waals surface area contributed by atoms with Gasteiger partial charge in [-0.25, -0.2) is 0 Å². The monoisotopic (exact) mass is 408 g/mol. The molecule has 0 aliphatic carbocycles. The fraction of sp³-hybridized carbons (Fsp3) is 0. The summed E-state index contributed by atoms with van der Waals surface area (Å²) in [6, 6.07) is 37.8. The second kappa shape index (κ2) is 7.47. The molecular formula is C31H20O. The van der Waals surface area contributed by atoms with Crippen LogP contribution < -0.4 is 0 Å². The van der Waals surface area contributed by atoms with E-state index in [0.29, 0.717) is 5.57 Å². The van der Waals surface area contributed by atoms with Crippen molar-refractivity contribution in [2.75, 3.05) is 0 Å². The van der Waals surface area contributed by atoms with E-state index in [-0.39, 0.29) is 0 Å². The molecule has 6 aromatic carbocycles. The SMILES string of the molecule is O=C/C(=C\c1c2ccccc2cc2ccccc12)c1c2ccccc2cc2ccccc12. The smallest absolute Gasteiger partial charge is 0.150 e. The van der Waals surface area contributed by atoms with Crippen LogP contribution in [0, 0.1) is 0 Å². The molecule has 1 nitrogen and oxygen atoms in total. The van der Waals surface area contributed by atoms with Gasteiger partial charge in [0.2, 0.25) is 0 Å². The Hall–Kier alpha value is -4.23. The minimum absolute atomic E-state index is 0.694. The van der Waals surface area contributed by atoms with Gasteiger partial charge in [0.05, 0.1) is 0 Å². The van der Waals surface area contributed by atoms with E-state index in [1.165, 1.54) is 10.8 Å². The molecule has 0 aromatic heterocycles. The number of hydrogen-bond acceptors (Lipinski definition) is 1. The van der Waals surface area contributed by atoms with Crippen LogP contribution in [0.5, 0.6) is 0 Å². The van der Waals surface area contributed by atoms with Crippen molar-refractivity contribution in [3.05, 3.63) is 120 Å². The van der Waals surface area contributed by atoms with E-state index in [9.17, 15) is 4.79 Å². The molecule has 6 rings (SSSR count). The zero-order valence-corrected chi connectivity index (χ0v) is 17.5. The molecule has 6 aromatic rings. The molecule has 0 bridgehead atoms. The summed E-state index contributed by atoms with van der Waals surface area (Å²) < 4.78 is 0. The van der Waals surface area contributed by atoms with Crippen molar-refractivity contribution in [3.63, 3.8) is 0 Å². The molecule has 0 spiro atoms. The van der Waals surface area contributed by atoms with Crippen molar-refractivity contribution in [3.8, 4) is 0 Å². The number of allylic oxidation sites excluding steroid dienone is 1. The molecule has 0 saturated carbocycles. The highest BCUT2D eigenvalue weighted by Gasteiger charge is 2.13. The van der Waals surface area contributed by atoms with E-state index < -0.39 is 0 Å². The van der Waals surface area contributed by atoms with Crippen LogP contribution in [-0.2, 0) is 4.79 Å². The predicted molar refractivity (Wildman–Crippen MR) is 137 cm³/mol. The molecule has 32 heavy (non-hydrogen) atoms. The average Bonchev–Trinajstić information content (AvgIpc) is 2.85. The van der Waals surface area contributed by atoms with Gasteiger partial charge >= 0.3 is 0 Å². The Balaban J connectivity index is 1.76. The van der Waals surface area contributed by atoms with Gasteiger partial charge in [-0.1, -0.05) is 97.1 Å². The third-order valence-corrected chi connectivity index (χ3v) is 6.30. The van der Waals surface area contributed by atoms with E-state index >= 15 is 0 Å². The van der Waals surface area contributed by atoms with E-state index in [1.54, 1.807) is 0 Å². The largest absolute Gasteiger partial charge is 0.298 e. The van der Waals surface area contributed by atoms with Gasteiger partial charge in [-0.3, -0.25) is 4.79 Å². The lowest BCUT2D eigenvalue weighted by atomic mass is 9.89. The lowest BCUT2D eigenvalue weighted by Gasteiger charge is -2.13. The first-order valence-corrected chi connectivity index (χ1v) is 10.8. The summed E-state index contributed by atoms with van der Waals surface area (Å²) in [5.74, 6) is 0.